The van der Waals surface area contributed by atoms with Crippen LogP contribution in [-0.2, 0) is 4.74 Å². The van der Waals surface area contributed by atoms with Gasteiger partial charge in [0, 0.05) is 32.2 Å². The van der Waals surface area contributed by atoms with Gasteiger partial charge in [0.25, 0.3) is 0 Å². The smallest absolute Gasteiger partial charge is 0.410 e. The lowest BCUT2D eigenvalue weighted by Gasteiger charge is -2.39. The minimum atomic E-state index is -0.203. The van der Waals surface area contributed by atoms with Gasteiger partial charge in [-0.15, -0.1) is 0 Å². The molecule has 2 rings (SSSR count). The van der Waals surface area contributed by atoms with Crippen LogP contribution in [0.15, 0.2) is 24.3 Å². The van der Waals surface area contributed by atoms with E-state index in [4.69, 9.17) is 10.5 Å². The molecule has 1 amide bonds. The highest BCUT2D eigenvalue weighted by atomic mass is 16.6. The van der Waals surface area contributed by atoms with Crippen LogP contribution in [-0.4, -0.2) is 54.7 Å². The Balaban J connectivity index is 0.00000151. The number of piperazine rings is 1. The minimum Gasteiger partial charge on any atom is -0.447 e. The first kappa shape index (κ1) is 21.5. The van der Waals surface area contributed by atoms with Gasteiger partial charge in [0.2, 0.25) is 0 Å². The van der Waals surface area contributed by atoms with Crippen LogP contribution in [0.1, 0.15) is 51.3 Å². The van der Waals surface area contributed by atoms with Crippen molar-refractivity contribution in [2.45, 2.75) is 53.2 Å². The summed E-state index contributed by atoms with van der Waals surface area (Å²) < 4.78 is 5.28. The van der Waals surface area contributed by atoms with Crippen LogP contribution >= 0.6 is 0 Å². The van der Waals surface area contributed by atoms with Gasteiger partial charge in [-0.3, -0.25) is 4.90 Å². The Morgan fingerprint density at radius 2 is 1.84 bits per heavy atom. The fourth-order valence-corrected chi connectivity index (χ4v) is 3.09. The normalized spacial score (nSPS) is 16.2. The Kier molecular flexibility index (Phi) is 9.53. The summed E-state index contributed by atoms with van der Waals surface area (Å²) in [7, 11) is 0. The molecule has 1 unspecified atom stereocenters. The maximum absolute atomic E-state index is 12.0. The molecular formula is C20H35N3O2. The van der Waals surface area contributed by atoms with Gasteiger partial charge in [-0.25, -0.2) is 4.79 Å². The molecule has 1 aliphatic rings. The summed E-state index contributed by atoms with van der Waals surface area (Å²) >= 11 is 0. The number of nitrogens with zero attached hydrogens (tertiary/aromatic N) is 2. The van der Waals surface area contributed by atoms with Gasteiger partial charge in [0.1, 0.15) is 0 Å². The van der Waals surface area contributed by atoms with Crippen molar-refractivity contribution in [1.29, 1.82) is 0 Å². The maximum atomic E-state index is 12.0. The number of aryl methyl sites for hydroxylation is 1. The minimum absolute atomic E-state index is 0.0715. The monoisotopic (exact) mass is 349 g/mol. The number of benzene rings is 1. The molecule has 0 bridgehead atoms. The molecule has 1 atom stereocenters. The number of amides is 1. The zero-order valence-electron chi connectivity index (χ0n) is 16.5. The Bertz CT molecular complexity index is 511. The van der Waals surface area contributed by atoms with E-state index in [2.05, 4.69) is 36.1 Å². The summed E-state index contributed by atoms with van der Waals surface area (Å²) in [6, 6.07) is 8.95. The number of hydrogen-bond acceptors (Lipinski definition) is 4. The largest absolute Gasteiger partial charge is 0.447 e. The third-order valence-electron chi connectivity index (χ3n) is 4.22. The van der Waals surface area contributed by atoms with Crippen molar-refractivity contribution in [3.63, 3.8) is 0 Å². The number of hydrogen-bond donors (Lipinski definition) is 1. The Morgan fingerprint density at radius 3 is 2.36 bits per heavy atom. The van der Waals surface area contributed by atoms with Crippen molar-refractivity contribution in [2.24, 2.45) is 5.73 Å². The zero-order chi connectivity index (χ0) is 18.8. The van der Waals surface area contributed by atoms with Gasteiger partial charge in [0.05, 0.1) is 6.10 Å². The van der Waals surface area contributed by atoms with Crippen LogP contribution in [0, 0.1) is 6.92 Å². The molecule has 142 valence electrons. The van der Waals surface area contributed by atoms with E-state index < -0.39 is 0 Å². The van der Waals surface area contributed by atoms with E-state index in [0.717, 1.165) is 19.5 Å². The lowest BCUT2D eigenvalue weighted by Crippen LogP contribution is -2.50. The predicted molar refractivity (Wildman–Crippen MR) is 104 cm³/mol. The van der Waals surface area contributed by atoms with Crippen molar-refractivity contribution in [3.05, 3.63) is 35.4 Å². The van der Waals surface area contributed by atoms with Gasteiger partial charge >= 0.3 is 6.09 Å². The van der Waals surface area contributed by atoms with Gasteiger partial charge in [-0.1, -0.05) is 43.7 Å². The van der Waals surface area contributed by atoms with Crippen LogP contribution < -0.4 is 5.73 Å². The van der Waals surface area contributed by atoms with E-state index in [1.54, 1.807) is 4.90 Å². The van der Waals surface area contributed by atoms with Gasteiger partial charge in [-0.05, 0) is 39.3 Å². The second-order valence-electron chi connectivity index (χ2n) is 6.46. The first-order valence-corrected chi connectivity index (χ1v) is 9.47. The second-order valence-corrected chi connectivity index (χ2v) is 6.46. The van der Waals surface area contributed by atoms with Crippen molar-refractivity contribution >= 4 is 6.09 Å². The highest BCUT2D eigenvalue weighted by Gasteiger charge is 2.27. The van der Waals surface area contributed by atoms with E-state index in [1.165, 1.54) is 11.1 Å². The molecule has 0 saturated carbocycles. The molecule has 0 aromatic heterocycles. The summed E-state index contributed by atoms with van der Waals surface area (Å²) in [4.78, 5) is 16.2. The van der Waals surface area contributed by atoms with Crippen LogP contribution in [0.25, 0.3) is 0 Å². The summed E-state index contributed by atoms with van der Waals surface area (Å²) in [6.45, 7) is 13.7. The molecule has 5 heteroatoms. The average Bonchev–Trinajstić information content (AvgIpc) is 2.61. The molecule has 25 heavy (non-hydrogen) atoms. The van der Waals surface area contributed by atoms with Crippen LogP contribution in [0.2, 0.25) is 0 Å². The molecule has 5 nitrogen and oxygen atoms in total. The van der Waals surface area contributed by atoms with Crippen LogP contribution in [0.4, 0.5) is 4.79 Å². The molecule has 2 N–H and O–H groups in total. The summed E-state index contributed by atoms with van der Waals surface area (Å²) in [6.07, 6.45) is 0.656. The van der Waals surface area contributed by atoms with Crippen LogP contribution in [0.3, 0.4) is 0 Å². The fraction of sp³-hybridized carbons (Fsp3) is 0.650. The molecule has 1 heterocycles. The Labute approximate surface area is 153 Å². The molecule has 1 aromatic carbocycles. The average molecular weight is 350 g/mol. The number of carbonyl (C=O) groups excluding carboxylic acids is 1. The van der Waals surface area contributed by atoms with E-state index in [9.17, 15) is 4.79 Å². The third kappa shape index (κ3) is 6.67. The quantitative estimate of drug-likeness (QED) is 0.883. The van der Waals surface area contributed by atoms with Gasteiger partial charge in [-0.2, -0.15) is 0 Å². The molecule has 0 aliphatic carbocycles. The fourth-order valence-electron chi connectivity index (χ4n) is 3.09. The Hall–Kier alpha value is -1.59. The summed E-state index contributed by atoms with van der Waals surface area (Å²) in [5, 5.41) is 0. The van der Waals surface area contributed by atoms with Crippen molar-refractivity contribution in [1.82, 2.24) is 9.80 Å². The summed E-state index contributed by atoms with van der Waals surface area (Å²) in [5.74, 6) is 0. The molecular weight excluding hydrogens is 314 g/mol. The van der Waals surface area contributed by atoms with Gasteiger partial charge < -0.3 is 15.4 Å². The third-order valence-corrected chi connectivity index (χ3v) is 4.22. The SMILES string of the molecule is CC.Cc1cccc(C(CCN)N2CCN(C(=O)OC(C)C)CC2)c1. The number of rotatable bonds is 5. The number of carbonyl (C=O) groups is 1. The van der Waals surface area contributed by atoms with Crippen molar-refractivity contribution in [2.75, 3.05) is 32.7 Å². The molecule has 1 saturated heterocycles. The lowest BCUT2D eigenvalue weighted by atomic mass is 9.99. The van der Waals surface area contributed by atoms with Crippen molar-refractivity contribution < 1.29 is 9.53 Å². The molecule has 1 aromatic rings. The standard InChI is InChI=1S/C18H29N3O2.C2H6/c1-14(2)23-18(22)21-11-9-20(10-12-21)17(7-8-19)16-6-4-5-15(3)13-16;1-2/h4-6,13-14,17H,7-12,19H2,1-3H3;1-2H3. The van der Waals surface area contributed by atoms with E-state index >= 15 is 0 Å². The Morgan fingerprint density at radius 1 is 1.20 bits per heavy atom. The highest BCUT2D eigenvalue weighted by Crippen LogP contribution is 2.26. The maximum Gasteiger partial charge on any atom is 0.410 e. The van der Waals surface area contributed by atoms with E-state index in [0.29, 0.717) is 25.7 Å². The number of ether oxygens (including phenoxy) is 1. The highest BCUT2D eigenvalue weighted by molar-refractivity contribution is 5.67. The molecule has 1 fully saturated rings. The van der Waals surface area contributed by atoms with Gasteiger partial charge in [0.15, 0.2) is 0 Å². The van der Waals surface area contributed by atoms with Crippen molar-refractivity contribution in [3.8, 4) is 0 Å². The zero-order valence-corrected chi connectivity index (χ0v) is 16.5. The first-order chi connectivity index (χ1) is 12.0. The van der Waals surface area contributed by atoms with E-state index in [1.807, 2.05) is 27.7 Å². The lowest BCUT2D eigenvalue weighted by molar-refractivity contribution is 0.0469. The summed E-state index contributed by atoms with van der Waals surface area (Å²) in [5.41, 5.74) is 8.41. The molecule has 0 radical (unpaired) electrons. The predicted octanol–water partition coefficient (Wildman–Crippen LogP) is 3.57. The van der Waals surface area contributed by atoms with Crippen LogP contribution in [0.5, 0.6) is 0 Å². The molecule has 1 aliphatic heterocycles. The first-order valence-electron chi connectivity index (χ1n) is 9.47. The topological polar surface area (TPSA) is 58.8 Å². The molecule has 0 spiro atoms. The number of nitrogens with two attached hydrogens (primary N) is 1. The second kappa shape index (κ2) is 11.1. The van der Waals surface area contributed by atoms with E-state index in [-0.39, 0.29) is 12.2 Å².